The van der Waals surface area contributed by atoms with Crippen molar-refractivity contribution in [3.63, 3.8) is 0 Å². The molecule has 0 radical (unpaired) electrons. The van der Waals surface area contributed by atoms with E-state index in [-0.39, 0.29) is 81.5 Å². The van der Waals surface area contributed by atoms with Gasteiger partial charge in [0.05, 0.1) is 52.3 Å². The molecule has 0 spiro atoms. The molecule has 0 unspecified atom stereocenters. The quantitative estimate of drug-likeness (QED) is 0.0507. The Bertz CT molecular complexity index is 1470. The number of ether oxygens (including phenoxy) is 5. The fourth-order valence-electron chi connectivity index (χ4n) is 5.76. The number of nitrogens with zero attached hydrogens (tertiary/aromatic N) is 1. The number of alkyl carbamates (subject to hydrolysis) is 1. The number of nitrogens with one attached hydrogen (secondary N) is 4. The summed E-state index contributed by atoms with van der Waals surface area (Å²) in [7, 11) is 0. The van der Waals surface area contributed by atoms with E-state index >= 15 is 0 Å². The third kappa shape index (κ3) is 22.7. The van der Waals surface area contributed by atoms with Gasteiger partial charge >= 0.3 is 12.1 Å². The van der Waals surface area contributed by atoms with Crippen molar-refractivity contribution in [1.82, 2.24) is 20.9 Å². The molecule has 1 aliphatic heterocycles. The Hall–Kier alpha value is -4.91. The van der Waals surface area contributed by atoms with Crippen LogP contribution in [0.4, 0.5) is 15.3 Å². The summed E-state index contributed by atoms with van der Waals surface area (Å²) in [5, 5.41) is 10.8. The van der Waals surface area contributed by atoms with Gasteiger partial charge in [0.1, 0.15) is 6.61 Å². The Kier molecular flexibility index (Phi) is 25.7. The molecule has 7 amide bonds. The molecule has 1 aliphatic rings. The van der Waals surface area contributed by atoms with E-state index < -0.39 is 30.0 Å². The van der Waals surface area contributed by atoms with Crippen LogP contribution < -0.4 is 27.0 Å². The van der Waals surface area contributed by atoms with E-state index in [2.05, 4.69) is 28.2 Å². The number of ketones is 1. The smallest absolute Gasteiger partial charge is 0.407 e. The van der Waals surface area contributed by atoms with Crippen molar-refractivity contribution >= 4 is 47.2 Å². The van der Waals surface area contributed by atoms with E-state index in [1.165, 1.54) is 12.2 Å². The van der Waals surface area contributed by atoms with Crippen LogP contribution in [0.2, 0.25) is 0 Å². The van der Waals surface area contributed by atoms with Crippen LogP contribution in [0.15, 0.2) is 36.4 Å². The maximum Gasteiger partial charge on any atom is 0.407 e. The standard InChI is InChI=1S/C41H64N6O12/c1-4-20-55-22-24-57-26-27-58-25-23-56-21-18-44-41(54)59-29-31-11-13-33(14-12-31)45-39(52)32(9-8-17-43-40(42)53)28-34(48)38(30(2)3)46-35(49)10-6-5-7-19-47-36(50)15-16-37(47)51/h11-16,30,32,38H,4-10,17-29H2,1-3H3,(H,44,54)(H,45,52)(H,46,49)(H3,42,43,53)/t32-,38+/m1/s1. The molecule has 0 aromatic heterocycles. The van der Waals surface area contributed by atoms with Crippen molar-refractivity contribution in [2.75, 3.05) is 77.8 Å². The van der Waals surface area contributed by atoms with Crippen molar-refractivity contribution in [3.8, 4) is 0 Å². The predicted octanol–water partition coefficient (Wildman–Crippen LogP) is 2.98. The average molecular weight is 833 g/mol. The molecule has 0 fully saturated rings. The summed E-state index contributed by atoms with van der Waals surface area (Å²) in [4.78, 5) is 87.7. The number of amides is 7. The molecular weight excluding hydrogens is 768 g/mol. The van der Waals surface area contributed by atoms with Gasteiger partial charge in [0, 0.05) is 62.8 Å². The Labute approximate surface area is 347 Å². The zero-order chi connectivity index (χ0) is 43.3. The molecule has 330 valence electrons. The van der Waals surface area contributed by atoms with Crippen molar-refractivity contribution in [3.05, 3.63) is 42.0 Å². The molecule has 6 N–H and O–H groups in total. The number of primary amides is 1. The average Bonchev–Trinajstić information content (AvgIpc) is 3.52. The number of urea groups is 1. The first kappa shape index (κ1) is 50.2. The first-order valence-electron chi connectivity index (χ1n) is 20.4. The third-order valence-corrected chi connectivity index (χ3v) is 8.93. The second-order valence-electron chi connectivity index (χ2n) is 14.2. The Morgan fingerprint density at radius 2 is 1.36 bits per heavy atom. The minimum absolute atomic E-state index is 0.00775. The number of carbonyl (C=O) groups excluding carboxylic acids is 7. The fraction of sp³-hybridized carbons (Fsp3) is 0.634. The first-order chi connectivity index (χ1) is 28.4. The van der Waals surface area contributed by atoms with Gasteiger partial charge in [0.15, 0.2) is 5.78 Å². The lowest BCUT2D eigenvalue weighted by Gasteiger charge is -2.24. The summed E-state index contributed by atoms with van der Waals surface area (Å²) in [6, 6.07) is 5.17. The lowest BCUT2D eigenvalue weighted by Crippen LogP contribution is -2.45. The topological polar surface area (TPSA) is 243 Å². The third-order valence-electron chi connectivity index (χ3n) is 8.93. The van der Waals surface area contributed by atoms with Gasteiger partial charge in [-0.25, -0.2) is 9.59 Å². The van der Waals surface area contributed by atoms with Gasteiger partial charge in [-0.05, 0) is 55.7 Å². The summed E-state index contributed by atoms with van der Waals surface area (Å²) in [6.45, 7) is 10.2. The lowest BCUT2D eigenvalue weighted by molar-refractivity contribution is -0.137. The molecule has 18 nitrogen and oxygen atoms in total. The zero-order valence-corrected chi connectivity index (χ0v) is 34.8. The van der Waals surface area contributed by atoms with Gasteiger partial charge in [-0.15, -0.1) is 0 Å². The monoisotopic (exact) mass is 832 g/mol. The normalized spacial score (nSPS) is 13.3. The van der Waals surface area contributed by atoms with E-state index in [4.69, 9.17) is 29.4 Å². The second kappa shape index (κ2) is 30.2. The van der Waals surface area contributed by atoms with Gasteiger partial charge in [-0.2, -0.15) is 0 Å². The van der Waals surface area contributed by atoms with Crippen LogP contribution in [0, 0.1) is 11.8 Å². The highest BCUT2D eigenvalue weighted by molar-refractivity contribution is 6.12. The summed E-state index contributed by atoms with van der Waals surface area (Å²) >= 11 is 0. The van der Waals surface area contributed by atoms with Gasteiger partial charge in [0.2, 0.25) is 11.8 Å². The van der Waals surface area contributed by atoms with Gasteiger partial charge in [-0.3, -0.25) is 28.9 Å². The highest BCUT2D eigenvalue weighted by Crippen LogP contribution is 2.20. The van der Waals surface area contributed by atoms with Crippen LogP contribution in [0.1, 0.15) is 77.7 Å². The first-order valence-corrected chi connectivity index (χ1v) is 20.4. The molecule has 0 saturated carbocycles. The molecule has 0 saturated heterocycles. The fourth-order valence-corrected chi connectivity index (χ4v) is 5.76. The Morgan fingerprint density at radius 3 is 1.95 bits per heavy atom. The number of carbonyl (C=O) groups is 7. The molecule has 1 aromatic rings. The molecule has 2 rings (SSSR count). The maximum atomic E-state index is 13.6. The van der Waals surface area contributed by atoms with Crippen molar-refractivity contribution in [2.24, 2.45) is 17.6 Å². The number of Topliss-reactive ketones (excluding diaryl/α,β-unsaturated/α-hetero) is 1. The van der Waals surface area contributed by atoms with E-state index in [0.29, 0.717) is 76.6 Å². The minimum Gasteiger partial charge on any atom is -0.445 e. The van der Waals surface area contributed by atoms with E-state index in [1.54, 1.807) is 38.1 Å². The van der Waals surface area contributed by atoms with Crippen LogP contribution in [0.5, 0.6) is 0 Å². The van der Waals surface area contributed by atoms with Crippen LogP contribution in [-0.4, -0.2) is 125 Å². The molecule has 0 aliphatic carbocycles. The Morgan fingerprint density at radius 1 is 0.746 bits per heavy atom. The summed E-state index contributed by atoms with van der Waals surface area (Å²) in [5.41, 5.74) is 6.32. The molecule has 1 heterocycles. The van der Waals surface area contributed by atoms with Crippen LogP contribution in [0.25, 0.3) is 0 Å². The van der Waals surface area contributed by atoms with Gasteiger partial charge < -0.3 is 50.7 Å². The predicted molar refractivity (Wildman–Crippen MR) is 218 cm³/mol. The number of nitrogens with two attached hydrogens (primary N) is 1. The zero-order valence-electron chi connectivity index (χ0n) is 34.8. The highest BCUT2D eigenvalue weighted by Gasteiger charge is 2.29. The van der Waals surface area contributed by atoms with Crippen molar-refractivity contribution in [1.29, 1.82) is 0 Å². The number of rotatable bonds is 33. The number of hydrogen-bond acceptors (Lipinski definition) is 12. The molecule has 2 atom stereocenters. The number of hydrogen-bond donors (Lipinski definition) is 5. The summed E-state index contributed by atoms with van der Waals surface area (Å²) in [5.74, 6) is -2.74. The summed E-state index contributed by atoms with van der Waals surface area (Å²) in [6.07, 6.45) is 5.14. The molecule has 18 heteroatoms. The van der Waals surface area contributed by atoms with Crippen molar-refractivity contribution in [2.45, 2.75) is 84.8 Å². The van der Waals surface area contributed by atoms with Crippen LogP contribution >= 0.6 is 0 Å². The van der Waals surface area contributed by atoms with E-state index in [0.717, 1.165) is 17.9 Å². The van der Waals surface area contributed by atoms with Gasteiger partial charge in [0.25, 0.3) is 11.8 Å². The largest absolute Gasteiger partial charge is 0.445 e. The van der Waals surface area contributed by atoms with Crippen molar-refractivity contribution < 1.29 is 57.2 Å². The highest BCUT2D eigenvalue weighted by atomic mass is 16.6. The van der Waals surface area contributed by atoms with E-state index in [9.17, 15) is 33.6 Å². The number of benzene rings is 1. The Balaban J connectivity index is 1.75. The number of anilines is 1. The molecule has 0 bridgehead atoms. The maximum absolute atomic E-state index is 13.6. The van der Waals surface area contributed by atoms with Crippen LogP contribution in [0.3, 0.4) is 0 Å². The molecular formula is C41H64N6O12. The molecule has 1 aromatic carbocycles. The SMILES string of the molecule is CCCOCCOCCOCCOCCNC(=O)OCc1ccc(NC(=O)[C@H](CCCNC(N)=O)CC(=O)[C@@H](NC(=O)CCCCCN2C(=O)C=CC2=O)C(C)C)cc1. The minimum atomic E-state index is -0.826. The lowest BCUT2D eigenvalue weighted by atomic mass is 9.89. The number of imide groups is 1. The van der Waals surface area contributed by atoms with Crippen LogP contribution in [-0.2, 0) is 54.3 Å². The second-order valence-corrected chi connectivity index (χ2v) is 14.2. The molecule has 59 heavy (non-hydrogen) atoms. The summed E-state index contributed by atoms with van der Waals surface area (Å²) < 4.78 is 26.9. The van der Waals surface area contributed by atoms with E-state index in [1.807, 2.05) is 0 Å². The van der Waals surface area contributed by atoms with Gasteiger partial charge in [-0.1, -0.05) is 39.3 Å². The number of unbranched alkanes of at least 4 members (excludes halogenated alkanes) is 2.